The van der Waals surface area contributed by atoms with Crippen molar-refractivity contribution in [1.29, 1.82) is 0 Å². The third kappa shape index (κ3) is 4.70. The minimum Gasteiger partial charge on any atom is -0.493 e. The van der Waals surface area contributed by atoms with Gasteiger partial charge in [0.05, 0.1) is 12.2 Å². The summed E-state index contributed by atoms with van der Waals surface area (Å²) in [4.78, 5) is 10.5. The molecule has 0 atom stereocenters. The first-order valence-electron chi connectivity index (χ1n) is 4.55. The van der Waals surface area contributed by atoms with Crippen LogP contribution in [0.25, 0.3) is 0 Å². The predicted molar refractivity (Wildman–Crippen MR) is 61.0 cm³/mol. The Morgan fingerprint density at radius 3 is 2.27 bits per heavy atom. The maximum absolute atomic E-state index is 10.5. The summed E-state index contributed by atoms with van der Waals surface area (Å²) in [5.74, 6) is 0.262. The molecule has 0 aliphatic carbocycles. The number of ether oxygens (including phenoxy) is 1. The third-order valence-electron chi connectivity index (χ3n) is 1.68. The minimum atomic E-state index is -0.916. The van der Waals surface area contributed by atoms with Gasteiger partial charge in [0.1, 0.15) is 5.75 Å². The number of hydrogen-bond donors (Lipinski definition) is 1. The van der Waals surface area contributed by atoms with E-state index in [9.17, 15) is 4.79 Å². The van der Waals surface area contributed by atoms with Crippen molar-refractivity contribution in [2.24, 2.45) is 5.92 Å². The van der Waals surface area contributed by atoms with E-state index in [4.69, 9.17) is 9.84 Å². The fourth-order valence-electron chi connectivity index (χ4n) is 0.957. The molecule has 0 amide bonds. The zero-order chi connectivity index (χ0) is 10.6. The van der Waals surface area contributed by atoms with Gasteiger partial charge in [-0.15, -0.1) is 12.4 Å². The highest BCUT2D eigenvalue weighted by molar-refractivity contribution is 5.87. The first kappa shape index (κ1) is 13.8. The summed E-state index contributed by atoms with van der Waals surface area (Å²) in [6, 6.07) is 6.42. The van der Waals surface area contributed by atoms with E-state index in [0.29, 0.717) is 18.3 Å². The van der Waals surface area contributed by atoms with E-state index in [-0.39, 0.29) is 18.0 Å². The van der Waals surface area contributed by atoms with Crippen molar-refractivity contribution >= 4 is 18.4 Å². The van der Waals surface area contributed by atoms with Crippen molar-refractivity contribution in [1.82, 2.24) is 0 Å². The average Bonchev–Trinajstić information content (AvgIpc) is 2.15. The SMILES string of the molecule is CC(C)COc1ccc(C(=O)O)cc1.Cl. The van der Waals surface area contributed by atoms with Gasteiger partial charge in [0.25, 0.3) is 0 Å². The summed E-state index contributed by atoms with van der Waals surface area (Å²) in [6.07, 6.45) is 0. The Morgan fingerprint density at radius 1 is 1.33 bits per heavy atom. The molecule has 3 nitrogen and oxygen atoms in total. The summed E-state index contributed by atoms with van der Waals surface area (Å²) in [7, 11) is 0. The van der Waals surface area contributed by atoms with Crippen molar-refractivity contribution in [3.63, 3.8) is 0 Å². The molecule has 0 bridgehead atoms. The van der Waals surface area contributed by atoms with Crippen molar-refractivity contribution in [3.8, 4) is 5.75 Å². The molecule has 0 aromatic heterocycles. The van der Waals surface area contributed by atoms with Gasteiger partial charge in [-0.25, -0.2) is 4.79 Å². The Balaban J connectivity index is 0.00000196. The Kier molecular flexibility index (Phi) is 5.79. The Bertz CT molecular complexity index is 306. The molecule has 1 rings (SSSR count). The molecule has 1 aromatic carbocycles. The number of halogens is 1. The highest BCUT2D eigenvalue weighted by Crippen LogP contribution is 2.12. The molecular weight excluding hydrogens is 216 g/mol. The van der Waals surface area contributed by atoms with Crippen molar-refractivity contribution in [2.75, 3.05) is 6.61 Å². The highest BCUT2D eigenvalue weighted by atomic mass is 35.5. The molecule has 0 fully saturated rings. The van der Waals surface area contributed by atoms with E-state index in [1.807, 2.05) is 0 Å². The lowest BCUT2D eigenvalue weighted by molar-refractivity contribution is 0.0697. The summed E-state index contributed by atoms with van der Waals surface area (Å²) in [5, 5.41) is 8.65. The number of hydrogen-bond acceptors (Lipinski definition) is 2. The van der Waals surface area contributed by atoms with Crippen LogP contribution in [0, 0.1) is 5.92 Å². The zero-order valence-corrected chi connectivity index (χ0v) is 9.58. The highest BCUT2D eigenvalue weighted by Gasteiger charge is 2.02. The van der Waals surface area contributed by atoms with E-state index in [2.05, 4.69) is 13.8 Å². The third-order valence-corrected chi connectivity index (χ3v) is 1.68. The van der Waals surface area contributed by atoms with Crippen LogP contribution in [0.4, 0.5) is 0 Å². The second-order valence-corrected chi connectivity index (χ2v) is 3.53. The first-order chi connectivity index (χ1) is 6.59. The van der Waals surface area contributed by atoms with E-state index >= 15 is 0 Å². The Morgan fingerprint density at radius 2 is 1.87 bits per heavy atom. The number of aromatic carboxylic acids is 1. The van der Waals surface area contributed by atoms with Crippen LogP contribution in [0.1, 0.15) is 24.2 Å². The lowest BCUT2D eigenvalue weighted by atomic mass is 10.2. The topological polar surface area (TPSA) is 46.5 Å². The molecule has 0 spiro atoms. The maximum Gasteiger partial charge on any atom is 0.335 e. The van der Waals surface area contributed by atoms with Crippen molar-refractivity contribution in [3.05, 3.63) is 29.8 Å². The van der Waals surface area contributed by atoms with Gasteiger partial charge in [-0.1, -0.05) is 13.8 Å². The number of benzene rings is 1. The van der Waals surface area contributed by atoms with Crippen molar-refractivity contribution < 1.29 is 14.6 Å². The lowest BCUT2D eigenvalue weighted by Crippen LogP contribution is -2.04. The van der Waals surface area contributed by atoms with Crippen LogP contribution in [-0.4, -0.2) is 17.7 Å². The van der Waals surface area contributed by atoms with Crippen LogP contribution in [0.5, 0.6) is 5.75 Å². The van der Waals surface area contributed by atoms with Gasteiger partial charge in [-0.2, -0.15) is 0 Å². The van der Waals surface area contributed by atoms with E-state index in [1.165, 1.54) is 12.1 Å². The monoisotopic (exact) mass is 230 g/mol. The Labute approximate surface area is 95.5 Å². The second kappa shape index (κ2) is 6.30. The van der Waals surface area contributed by atoms with Crippen LogP contribution in [0.15, 0.2) is 24.3 Å². The number of carboxylic acid groups (broad SMARTS) is 1. The molecule has 0 saturated carbocycles. The molecule has 1 aromatic rings. The van der Waals surface area contributed by atoms with Gasteiger partial charge in [0.2, 0.25) is 0 Å². The summed E-state index contributed by atoms with van der Waals surface area (Å²) in [6.45, 7) is 4.77. The quantitative estimate of drug-likeness (QED) is 0.865. The number of rotatable bonds is 4. The van der Waals surface area contributed by atoms with Gasteiger partial charge in [-0.05, 0) is 30.2 Å². The molecule has 15 heavy (non-hydrogen) atoms. The van der Waals surface area contributed by atoms with Crippen LogP contribution < -0.4 is 4.74 Å². The molecular formula is C11H15ClO3. The number of carbonyl (C=O) groups is 1. The normalized spacial score (nSPS) is 9.53. The summed E-state index contributed by atoms with van der Waals surface area (Å²) < 4.78 is 5.41. The van der Waals surface area contributed by atoms with Gasteiger partial charge in [-0.3, -0.25) is 0 Å². The molecule has 84 valence electrons. The second-order valence-electron chi connectivity index (χ2n) is 3.53. The molecule has 0 unspecified atom stereocenters. The molecule has 0 saturated heterocycles. The molecule has 0 aliphatic rings. The lowest BCUT2D eigenvalue weighted by Gasteiger charge is -2.08. The Hall–Kier alpha value is -1.22. The van der Waals surface area contributed by atoms with E-state index in [1.54, 1.807) is 12.1 Å². The molecule has 0 heterocycles. The van der Waals surface area contributed by atoms with E-state index in [0.717, 1.165) is 0 Å². The predicted octanol–water partition coefficient (Wildman–Crippen LogP) is 2.84. The standard InChI is InChI=1S/C11H14O3.ClH/c1-8(2)7-14-10-5-3-9(4-6-10)11(12)13;/h3-6,8H,7H2,1-2H3,(H,12,13);1H. The smallest absolute Gasteiger partial charge is 0.335 e. The summed E-state index contributed by atoms with van der Waals surface area (Å²) >= 11 is 0. The fraction of sp³-hybridized carbons (Fsp3) is 0.364. The maximum atomic E-state index is 10.5. The molecule has 0 aliphatic heterocycles. The van der Waals surface area contributed by atoms with Crippen LogP contribution >= 0.6 is 12.4 Å². The molecule has 4 heteroatoms. The van der Waals surface area contributed by atoms with Gasteiger partial charge in [0, 0.05) is 0 Å². The minimum absolute atomic E-state index is 0. The van der Waals surface area contributed by atoms with Crippen LogP contribution in [0.2, 0.25) is 0 Å². The van der Waals surface area contributed by atoms with Crippen LogP contribution in [-0.2, 0) is 0 Å². The fourth-order valence-corrected chi connectivity index (χ4v) is 0.957. The molecule has 0 radical (unpaired) electrons. The largest absolute Gasteiger partial charge is 0.493 e. The van der Waals surface area contributed by atoms with Gasteiger partial charge in [0.15, 0.2) is 0 Å². The van der Waals surface area contributed by atoms with Crippen LogP contribution in [0.3, 0.4) is 0 Å². The van der Waals surface area contributed by atoms with Crippen molar-refractivity contribution in [2.45, 2.75) is 13.8 Å². The van der Waals surface area contributed by atoms with Gasteiger partial charge >= 0.3 is 5.97 Å². The first-order valence-corrected chi connectivity index (χ1v) is 4.55. The summed E-state index contributed by atoms with van der Waals surface area (Å²) in [5.41, 5.74) is 0.280. The van der Waals surface area contributed by atoms with E-state index < -0.39 is 5.97 Å². The average molecular weight is 231 g/mol. The molecule has 1 N–H and O–H groups in total. The zero-order valence-electron chi connectivity index (χ0n) is 8.77. The van der Waals surface area contributed by atoms with Gasteiger partial charge < -0.3 is 9.84 Å². The number of carboxylic acids is 1.